The van der Waals surface area contributed by atoms with Crippen LogP contribution in [0.4, 0.5) is 0 Å². The minimum absolute atomic E-state index is 0.0132. The minimum Gasteiger partial charge on any atom is -0.414 e. The van der Waals surface area contributed by atoms with Crippen LogP contribution in [-0.2, 0) is 23.1 Å². The van der Waals surface area contributed by atoms with Gasteiger partial charge in [-0.15, -0.1) is 0 Å². The maximum absolute atomic E-state index is 13.4. The number of allylic oxidation sites excluding steroid dienone is 2. The lowest BCUT2D eigenvalue weighted by Gasteiger charge is -2.63. The summed E-state index contributed by atoms with van der Waals surface area (Å²) in [5.74, 6) is 1.93. The van der Waals surface area contributed by atoms with Crippen molar-refractivity contribution in [1.82, 2.24) is 0 Å². The second-order valence-electron chi connectivity index (χ2n) is 16.5. The Hall–Kier alpha value is -0.316. The maximum Gasteiger partial charge on any atom is 0.192 e. The molecule has 0 spiro atoms. The number of carbonyl (C=O) groups excluding carboxylic acids is 1. The predicted molar refractivity (Wildman–Crippen MR) is 164 cm³/mol. The van der Waals surface area contributed by atoms with Crippen molar-refractivity contribution >= 4 is 22.4 Å². The van der Waals surface area contributed by atoms with E-state index >= 15 is 0 Å². The molecule has 39 heavy (non-hydrogen) atoms. The first-order valence-corrected chi connectivity index (χ1v) is 21.3. The summed E-state index contributed by atoms with van der Waals surface area (Å²) >= 11 is 0. The Balaban J connectivity index is 1.79. The monoisotopic (exact) mass is 578 g/mol. The highest BCUT2D eigenvalue weighted by molar-refractivity contribution is 6.74. The molecule has 0 N–H and O–H groups in total. The quantitative estimate of drug-likeness (QED) is 0.226. The molecule has 224 valence electrons. The van der Waals surface area contributed by atoms with Crippen LogP contribution in [0.3, 0.4) is 0 Å². The van der Waals surface area contributed by atoms with E-state index in [1.54, 1.807) is 7.11 Å². The molecule has 4 aliphatic rings. The van der Waals surface area contributed by atoms with Crippen molar-refractivity contribution in [3.63, 3.8) is 0 Å². The van der Waals surface area contributed by atoms with Gasteiger partial charge < -0.3 is 18.3 Å². The number of ether oxygens (including phenoxy) is 2. The van der Waals surface area contributed by atoms with E-state index in [0.717, 1.165) is 32.1 Å². The van der Waals surface area contributed by atoms with Crippen LogP contribution >= 0.6 is 0 Å². The summed E-state index contributed by atoms with van der Waals surface area (Å²) in [5, 5.41) is 0.257. The van der Waals surface area contributed by atoms with Crippen molar-refractivity contribution in [2.45, 2.75) is 135 Å². The average molecular weight is 579 g/mol. The second-order valence-corrected chi connectivity index (χ2v) is 26.0. The van der Waals surface area contributed by atoms with E-state index in [4.69, 9.17) is 18.3 Å². The smallest absolute Gasteiger partial charge is 0.192 e. The standard InChI is InChI=1S/C32H58O5Si2/c1-30(2,3)38(9,10)36-26-18-22-23(14-13-15-24(22)33)32(7)19-27(37-39(11,12)31(4,5)6)28-21(29(26)32)16-17-25(28)35-20-34-8/h13,15,21-23,25-29H,14,16-20H2,1-12H3/t21-,22+,23-,25+,26-,27-,28-,29+,32+/m1/s1. The lowest BCUT2D eigenvalue weighted by molar-refractivity contribution is -0.189. The highest BCUT2D eigenvalue weighted by atomic mass is 28.4. The molecule has 3 fully saturated rings. The van der Waals surface area contributed by atoms with Gasteiger partial charge in [-0.2, -0.15) is 0 Å². The molecule has 0 radical (unpaired) electrons. The van der Waals surface area contributed by atoms with Gasteiger partial charge in [0.05, 0.1) is 12.2 Å². The van der Waals surface area contributed by atoms with Gasteiger partial charge in [-0.1, -0.05) is 54.5 Å². The van der Waals surface area contributed by atoms with Crippen molar-refractivity contribution in [2.24, 2.45) is 35.0 Å². The van der Waals surface area contributed by atoms with Crippen molar-refractivity contribution in [3.05, 3.63) is 12.2 Å². The lowest BCUT2D eigenvalue weighted by atomic mass is 9.45. The highest BCUT2D eigenvalue weighted by Gasteiger charge is 2.65. The van der Waals surface area contributed by atoms with Gasteiger partial charge in [-0.3, -0.25) is 4.79 Å². The van der Waals surface area contributed by atoms with Crippen LogP contribution in [0.15, 0.2) is 12.2 Å². The normalized spacial score (nSPS) is 39.3. The fourth-order valence-electron chi connectivity index (χ4n) is 8.17. The molecule has 3 saturated carbocycles. The Bertz CT molecular complexity index is 932. The van der Waals surface area contributed by atoms with Crippen LogP contribution in [0.5, 0.6) is 0 Å². The first-order chi connectivity index (χ1) is 17.8. The summed E-state index contributed by atoms with van der Waals surface area (Å²) in [5.41, 5.74) is -0.0132. The molecular weight excluding hydrogens is 521 g/mol. The average Bonchev–Trinajstić information content (AvgIpc) is 3.20. The summed E-state index contributed by atoms with van der Waals surface area (Å²) in [4.78, 5) is 13.4. The van der Waals surface area contributed by atoms with Gasteiger partial charge >= 0.3 is 0 Å². The second kappa shape index (κ2) is 10.7. The first-order valence-electron chi connectivity index (χ1n) is 15.5. The molecule has 0 heterocycles. The Kier molecular flexibility index (Phi) is 8.71. The molecule has 5 nitrogen and oxygen atoms in total. The predicted octanol–water partition coefficient (Wildman–Crippen LogP) is 7.97. The van der Waals surface area contributed by atoms with Crippen LogP contribution in [0, 0.1) is 35.0 Å². The number of rotatable bonds is 7. The van der Waals surface area contributed by atoms with Crippen molar-refractivity contribution in [3.8, 4) is 0 Å². The number of ketones is 1. The summed E-state index contributed by atoms with van der Waals surface area (Å²) < 4.78 is 26.5. The van der Waals surface area contributed by atoms with E-state index in [1.807, 2.05) is 6.08 Å². The van der Waals surface area contributed by atoms with E-state index < -0.39 is 16.6 Å². The summed E-state index contributed by atoms with van der Waals surface area (Å²) in [6.07, 6.45) is 9.41. The van der Waals surface area contributed by atoms with Crippen LogP contribution in [0.1, 0.15) is 80.6 Å². The van der Waals surface area contributed by atoms with Gasteiger partial charge in [0.25, 0.3) is 0 Å². The van der Waals surface area contributed by atoms with E-state index in [1.165, 1.54) is 0 Å². The van der Waals surface area contributed by atoms with E-state index in [0.29, 0.717) is 36.2 Å². The van der Waals surface area contributed by atoms with Gasteiger partial charge in [0, 0.05) is 25.0 Å². The molecule has 4 aliphatic carbocycles. The molecule has 0 unspecified atom stereocenters. The largest absolute Gasteiger partial charge is 0.414 e. The molecule has 7 heteroatoms. The fraction of sp³-hybridized carbons (Fsp3) is 0.906. The number of hydrogen-bond donors (Lipinski definition) is 0. The summed E-state index contributed by atoms with van der Waals surface area (Å²) in [7, 11) is -2.36. The van der Waals surface area contributed by atoms with Crippen LogP contribution in [0.25, 0.3) is 0 Å². The number of carbonyl (C=O) groups is 1. The molecule has 0 aromatic rings. The van der Waals surface area contributed by atoms with Gasteiger partial charge in [0.15, 0.2) is 22.4 Å². The summed E-state index contributed by atoms with van der Waals surface area (Å²) in [6, 6.07) is 0. The maximum atomic E-state index is 13.4. The topological polar surface area (TPSA) is 54.0 Å². The van der Waals surface area contributed by atoms with Gasteiger partial charge in [-0.05, 0) is 97.6 Å². The number of methoxy groups -OCH3 is 1. The molecule has 0 bridgehead atoms. The first kappa shape index (κ1) is 31.6. The fourth-order valence-corrected chi connectivity index (χ4v) is 10.9. The van der Waals surface area contributed by atoms with Gasteiger partial charge in [0.2, 0.25) is 0 Å². The molecule has 9 atom stereocenters. The molecular formula is C32H58O5Si2. The molecule has 4 rings (SSSR count). The SMILES string of the molecule is COCO[C@H]1CC[C@@H]2[C@H]1[C@H](O[Si](C)(C)C(C)(C)C)C[C@]1(C)[C@@H]2[C@H](O[Si](C)(C)C(C)(C)C)C[C@@H]2C(=O)C=CC[C@H]21. The number of hydrogen-bond acceptors (Lipinski definition) is 5. The third-order valence-corrected chi connectivity index (χ3v) is 21.2. The Morgan fingerprint density at radius 3 is 2.08 bits per heavy atom. The van der Waals surface area contributed by atoms with Crippen molar-refractivity contribution < 1.29 is 23.1 Å². The van der Waals surface area contributed by atoms with Crippen LogP contribution < -0.4 is 0 Å². The Morgan fingerprint density at radius 1 is 0.923 bits per heavy atom. The van der Waals surface area contributed by atoms with Gasteiger partial charge in [0.1, 0.15) is 6.79 Å². The minimum atomic E-state index is -2.05. The zero-order valence-corrected chi connectivity index (χ0v) is 29.1. The van der Waals surface area contributed by atoms with E-state index in [-0.39, 0.29) is 39.7 Å². The van der Waals surface area contributed by atoms with Crippen molar-refractivity contribution in [1.29, 1.82) is 0 Å². The molecule has 0 saturated heterocycles. The lowest BCUT2D eigenvalue weighted by Crippen LogP contribution is -2.64. The molecule has 0 amide bonds. The zero-order chi connectivity index (χ0) is 29.2. The third-order valence-electron chi connectivity index (χ3n) is 12.2. The van der Waals surface area contributed by atoms with Crippen LogP contribution in [0.2, 0.25) is 36.3 Å². The summed E-state index contributed by atoms with van der Waals surface area (Å²) in [6.45, 7) is 26.4. The van der Waals surface area contributed by atoms with E-state index in [2.05, 4.69) is 80.7 Å². The Morgan fingerprint density at radius 2 is 1.51 bits per heavy atom. The van der Waals surface area contributed by atoms with Gasteiger partial charge in [-0.25, -0.2) is 0 Å². The zero-order valence-electron chi connectivity index (χ0n) is 27.1. The van der Waals surface area contributed by atoms with Crippen molar-refractivity contribution in [2.75, 3.05) is 13.9 Å². The molecule has 0 aromatic carbocycles. The van der Waals surface area contributed by atoms with Crippen LogP contribution in [-0.4, -0.2) is 54.6 Å². The number of fused-ring (bicyclic) bond motifs is 5. The molecule has 0 aromatic heterocycles. The molecule has 0 aliphatic heterocycles. The highest BCUT2D eigenvalue weighted by Crippen LogP contribution is 2.65. The van der Waals surface area contributed by atoms with E-state index in [9.17, 15) is 4.79 Å². The Labute approximate surface area is 241 Å². The third kappa shape index (κ3) is 5.71.